The predicted octanol–water partition coefficient (Wildman–Crippen LogP) is 3.27. The number of carbonyl (C=O) groups is 1. The number of halogens is 1. The quantitative estimate of drug-likeness (QED) is 0.863. The molecule has 3 nitrogen and oxygen atoms in total. The molecule has 4 heteroatoms. The summed E-state index contributed by atoms with van der Waals surface area (Å²) in [5, 5.41) is 3.25. The highest BCUT2D eigenvalue weighted by atomic mass is 79.9. The van der Waals surface area contributed by atoms with Gasteiger partial charge in [0.25, 0.3) is 0 Å². The Morgan fingerprint density at radius 3 is 2.84 bits per heavy atom. The third-order valence-corrected chi connectivity index (χ3v) is 4.20. The molecule has 0 amide bonds. The van der Waals surface area contributed by atoms with Crippen molar-refractivity contribution in [2.45, 2.75) is 38.8 Å². The molecule has 2 rings (SSSR count). The Kier molecular flexibility index (Phi) is 5.40. The third kappa shape index (κ3) is 4.32. The Morgan fingerprint density at radius 2 is 2.16 bits per heavy atom. The van der Waals surface area contributed by atoms with Gasteiger partial charge in [-0.25, -0.2) is 0 Å². The van der Waals surface area contributed by atoms with Crippen LogP contribution < -0.4 is 5.32 Å². The van der Waals surface area contributed by atoms with Crippen LogP contribution in [0.1, 0.15) is 31.7 Å². The number of hydrogen-bond donors (Lipinski definition) is 1. The van der Waals surface area contributed by atoms with E-state index >= 15 is 0 Å². The molecule has 1 aromatic carbocycles. The van der Waals surface area contributed by atoms with Crippen LogP contribution in [0.25, 0.3) is 0 Å². The summed E-state index contributed by atoms with van der Waals surface area (Å²) in [6, 6.07) is 7.69. The van der Waals surface area contributed by atoms with Gasteiger partial charge in [-0.2, -0.15) is 0 Å². The Balaban J connectivity index is 1.82. The van der Waals surface area contributed by atoms with Crippen molar-refractivity contribution in [1.29, 1.82) is 0 Å². The first-order valence-corrected chi connectivity index (χ1v) is 7.62. The van der Waals surface area contributed by atoms with Gasteiger partial charge in [0.2, 0.25) is 0 Å². The number of ether oxygens (including phenoxy) is 1. The minimum Gasteiger partial charge on any atom is -0.460 e. The first kappa shape index (κ1) is 14.5. The van der Waals surface area contributed by atoms with Gasteiger partial charge in [-0.3, -0.25) is 4.79 Å². The normalized spacial score (nSPS) is 23.1. The number of hydrogen-bond acceptors (Lipinski definition) is 3. The molecule has 1 heterocycles. The molecule has 1 aromatic rings. The maximum atomic E-state index is 12.0. The van der Waals surface area contributed by atoms with Crippen molar-refractivity contribution in [3.63, 3.8) is 0 Å². The lowest BCUT2D eigenvalue weighted by Gasteiger charge is -2.28. The first-order chi connectivity index (χ1) is 9.19. The van der Waals surface area contributed by atoms with Crippen molar-refractivity contribution in [3.8, 4) is 0 Å². The van der Waals surface area contributed by atoms with Gasteiger partial charge >= 0.3 is 5.97 Å². The van der Waals surface area contributed by atoms with E-state index in [9.17, 15) is 4.79 Å². The fourth-order valence-electron chi connectivity index (χ4n) is 2.38. The average molecular weight is 326 g/mol. The molecule has 1 aliphatic rings. The molecule has 0 radical (unpaired) electrons. The van der Waals surface area contributed by atoms with Crippen molar-refractivity contribution in [3.05, 3.63) is 34.3 Å². The Morgan fingerprint density at radius 1 is 1.42 bits per heavy atom. The van der Waals surface area contributed by atoms with Crippen LogP contribution in [-0.2, 0) is 16.1 Å². The van der Waals surface area contributed by atoms with Gasteiger partial charge in [-0.15, -0.1) is 0 Å². The summed E-state index contributed by atoms with van der Waals surface area (Å²) in [6.45, 7) is 3.44. The molecule has 0 aliphatic carbocycles. The van der Waals surface area contributed by atoms with Crippen molar-refractivity contribution < 1.29 is 9.53 Å². The topological polar surface area (TPSA) is 38.3 Å². The van der Waals surface area contributed by atoms with Gasteiger partial charge in [0.15, 0.2) is 0 Å². The van der Waals surface area contributed by atoms with E-state index in [4.69, 9.17) is 4.74 Å². The molecule has 1 N–H and O–H groups in total. The highest BCUT2D eigenvalue weighted by Crippen LogP contribution is 2.20. The zero-order chi connectivity index (χ0) is 13.7. The molecule has 2 atom stereocenters. The summed E-state index contributed by atoms with van der Waals surface area (Å²) in [5.41, 5.74) is 1.01. The number of carbonyl (C=O) groups excluding carboxylic acids is 1. The first-order valence-electron chi connectivity index (χ1n) is 6.83. The lowest BCUT2D eigenvalue weighted by Crippen LogP contribution is -2.44. The van der Waals surface area contributed by atoms with Gasteiger partial charge in [0.05, 0.1) is 0 Å². The minimum absolute atomic E-state index is 0.124. The molecule has 104 valence electrons. The van der Waals surface area contributed by atoms with Gasteiger partial charge in [-0.05, 0) is 43.0 Å². The fraction of sp³-hybridized carbons (Fsp3) is 0.533. The second kappa shape index (κ2) is 7.06. The molecular weight excluding hydrogens is 306 g/mol. The summed E-state index contributed by atoms with van der Waals surface area (Å²) in [7, 11) is 0. The summed E-state index contributed by atoms with van der Waals surface area (Å²) >= 11 is 3.38. The van der Waals surface area contributed by atoms with Crippen LogP contribution in [0.2, 0.25) is 0 Å². The average Bonchev–Trinajstić information content (AvgIpc) is 2.46. The third-order valence-electron chi connectivity index (χ3n) is 3.67. The Bertz CT molecular complexity index is 419. The maximum Gasteiger partial charge on any atom is 0.323 e. The van der Waals surface area contributed by atoms with E-state index in [0.717, 1.165) is 35.8 Å². The van der Waals surface area contributed by atoms with E-state index in [1.165, 1.54) is 0 Å². The second-order valence-electron chi connectivity index (χ2n) is 5.04. The number of esters is 1. The fourth-order valence-corrected chi connectivity index (χ4v) is 2.65. The molecule has 0 bridgehead atoms. The SMILES string of the molecule is CCC1CCNC(C(=O)OCc2ccc(Br)cc2)C1. The van der Waals surface area contributed by atoms with Gasteiger partial charge in [0.1, 0.15) is 12.6 Å². The van der Waals surface area contributed by atoms with Crippen LogP contribution in [0.15, 0.2) is 28.7 Å². The monoisotopic (exact) mass is 325 g/mol. The van der Waals surface area contributed by atoms with Crippen LogP contribution in [0, 0.1) is 5.92 Å². The molecule has 1 saturated heterocycles. The highest BCUT2D eigenvalue weighted by molar-refractivity contribution is 9.10. The second-order valence-corrected chi connectivity index (χ2v) is 5.96. The van der Waals surface area contributed by atoms with Gasteiger partial charge in [-0.1, -0.05) is 41.4 Å². The molecule has 1 fully saturated rings. The molecule has 0 spiro atoms. The van der Waals surface area contributed by atoms with Crippen molar-refractivity contribution in [1.82, 2.24) is 5.32 Å². The largest absolute Gasteiger partial charge is 0.460 e. The summed E-state index contributed by atoms with van der Waals surface area (Å²) in [5.74, 6) is 0.521. The van der Waals surface area contributed by atoms with Crippen molar-refractivity contribution in [2.24, 2.45) is 5.92 Å². The molecule has 1 aliphatic heterocycles. The summed E-state index contributed by atoms with van der Waals surface area (Å²) < 4.78 is 6.41. The summed E-state index contributed by atoms with van der Waals surface area (Å²) in [4.78, 5) is 12.0. The summed E-state index contributed by atoms with van der Waals surface area (Å²) in [6.07, 6.45) is 3.20. The molecular formula is C15H20BrNO2. The maximum absolute atomic E-state index is 12.0. The number of rotatable bonds is 4. The van der Waals surface area contributed by atoms with E-state index in [0.29, 0.717) is 12.5 Å². The van der Waals surface area contributed by atoms with E-state index < -0.39 is 0 Å². The zero-order valence-electron chi connectivity index (χ0n) is 11.2. The molecule has 0 saturated carbocycles. The predicted molar refractivity (Wildman–Crippen MR) is 78.7 cm³/mol. The lowest BCUT2D eigenvalue weighted by atomic mass is 9.90. The van der Waals surface area contributed by atoms with E-state index in [2.05, 4.69) is 28.2 Å². The highest BCUT2D eigenvalue weighted by Gasteiger charge is 2.26. The number of nitrogens with one attached hydrogen (secondary N) is 1. The number of piperidine rings is 1. The van der Waals surface area contributed by atoms with Crippen molar-refractivity contribution >= 4 is 21.9 Å². The van der Waals surface area contributed by atoms with Crippen molar-refractivity contribution in [2.75, 3.05) is 6.54 Å². The minimum atomic E-state index is -0.130. The molecule has 2 unspecified atom stereocenters. The molecule has 0 aromatic heterocycles. The lowest BCUT2D eigenvalue weighted by molar-refractivity contribution is -0.148. The zero-order valence-corrected chi connectivity index (χ0v) is 12.8. The van der Waals surface area contributed by atoms with E-state index in [1.807, 2.05) is 24.3 Å². The Hall–Kier alpha value is -0.870. The smallest absolute Gasteiger partial charge is 0.323 e. The van der Waals surface area contributed by atoms with Gasteiger partial charge < -0.3 is 10.1 Å². The standard InChI is InChI=1S/C15H20BrNO2/c1-2-11-7-8-17-14(9-11)15(18)19-10-12-3-5-13(16)6-4-12/h3-6,11,14,17H,2,7-10H2,1H3. The van der Waals surface area contributed by atoms with Crippen LogP contribution in [0.3, 0.4) is 0 Å². The van der Waals surface area contributed by atoms with Crippen LogP contribution >= 0.6 is 15.9 Å². The van der Waals surface area contributed by atoms with E-state index in [1.54, 1.807) is 0 Å². The van der Waals surface area contributed by atoms with Crippen LogP contribution in [0.5, 0.6) is 0 Å². The van der Waals surface area contributed by atoms with E-state index in [-0.39, 0.29) is 12.0 Å². The van der Waals surface area contributed by atoms with Gasteiger partial charge in [0, 0.05) is 4.47 Å². The van der Waals surface area contributed by atoms with Crippen LogP contribution in [-0.4, -0.2) is 18.6 Å². The molecule has 19 heavy (non-hydrogen) atoms. The number of benzene rings is 1. The Labute approximate surface area is 122 Å². The van der Waals surface area contributed by atoms with Crippen LogP contribution in [0.4, 0.5) is 0 Å².